The molecule has 10 heteroatoms. The maximum absolute atomic E-state index is 13.5. The second-order valence-corrected chi connectivity index (χ2v) is 10.4. The molecule has 4 N–H and O–H groups in total. The van der Waals surface area contributed by atoms with Crippen molar-refractivity contribution < 1.29 is 19.5 Å². The highest BCUT2D eigenvalue weighted by atomic mass is 35.5. The van der Waals surface area contributed by atoms with Crippen LogP contribution in [-0.2, 0) is 16.0 Å². The molecule has 3 aromatic rings. The average molecular weight is 577 g/mol. The van der Waals surface area contributed by atoms with Crippen LogP contribution in [0, 0.1) is 5.92 Å². The van der Waals surface area contributed by atoms with Crippen LogP contribution < -0.4 is 16.0 Å². The van der Waals surface area contributed by atoms with Crippen molar-refractivity contribution in [3.8, 4) is 5.75 Å². The monoisotopic (exact) mass is 575 g/mol. The third-order valence-corrected chi connectivity index (χ3v) is 6.61. The minimum absolute atomic E-state index is 0.0700. The molecular formula is C28H28Cl3N3O4. The summed E-state index contributed by atoms with van der Waals surface area (Å²) in [6.07, 6.45) is 0.503. The summed E-state index contributed by atoms with van der Waals surface area (Å²) >= 11 is 18.0. The van der Waals surface area contributed by atoms with E-state index in [1.807, 2.05) is 44.2 Å². The van der Waals surface area contributed by atoms with Crippen LogP contribution in [0.4, 0.5) is 5.69 Å². The quantitative estimate of drug-likeness (QED) is 0.242. The van der Waals surface area contributed by atoms with Crippen molar-refractivity contribution in [3.63, 3.8) is 0 Å². The van der Waals surface area contributed by atoms with Gasteiger partial charge in [0, 0.05) is 17.1 Å². The van der Waals surface area contributed by atoms with Gasteiger partial charge in [0.2, 0.25) is 11.8 Å². The van der Waals surface area contributed by atoms with E-state index < -0.39 is 29.8 Å². The number of aromatic hydroxyl groups is 1. The largest absolute Gasteiger partial charge is 0.507 e. The molecule has 3 rings (SSSR count). The first kappa shape index (κ1) is 29.3. The molecule has 7 nitrogen and oxygen atoms in total. The van der Waals surface area contributed by atoms with Crippen molar-refractivity contribution in [2.45, 2.75) is 38.8 Å². The Hall–Kier alpha value is -3.26. The molecule has 0 aromatic heterocycles. The Balaban J connectivity index is 1.83. The SMILES string of the molecule is CC(C)C[C@H](NC(=O)[C@H](Cc1ccccc1)NC(=O)c1cc(Cl)ccc1O)C(=O)Nc1ccc(Cl)c(Cl)c1. The molecule has 0 spiro atoms. The predicted molar refractivity (Wildman–Crippen MR) is 151 cm³/mol. The topological polar surface area (TPSA) is 108 Å². The lowest BCUT2D eigenvalue weighted by Crippen LogP contribution is -2.53. The number of hydrogen-bond acceptors (Lipinski definition) is 4. The van der Waals surface area contributed by atoms with Crippen molar-refractivity contribution in [3.05, 3.63) is 92.9 Å². The second-order valence-electron chi connectivity index (χ2n) is 9.19. The number of benzene rings is 3. The number of anilines is 1. The molecule has 38 heavy (non-hydrogen) atoms. The van der Waals surface area contributed by atoms with Crippen molar-refractivity contribution in [1.29, 1.82) is 0 Å². The summed E-state index contributed by atoms with van der Waals surface area (Å²) in [6.45, 7) is 3.85. The first-order valence-electron chi connectivity index (χ1n) is 11.9. The Morgan fingerprint density at radius 2 is 1.53 bits per heavy atom. The number of hydrogen-bond donors (Lipinski definition) is 4. The number of carbonyl (C=O) groups is 3. The number of phenols is 1. The molecule has 0 saturated carbocycles. The highest BCUT2D eigenvalue weighted by Crippen LogP contribution is 2.25. The first-order chi connectivity index (χ1) is 18.0. The smallest absolute Gasteiger partial charge is 0.255 e. The maximum Gasteiger partial charge on any atom is 0.255 e. The number of amides is 3. The molecule has 3 aromatic carbocycles. The normalized spacial score (nSPS) is 12.5. The fourth-order valence-corrected chi connectivity index (χ4v) is 4.23. The van der Waals surface area contributed by atoms with Crippen LogP contribution in [0.2, 0.25) is 15.1 Å². The van der Waals surface area contributed by atoms with Gasteiger partial charge in [0.05, 0.1) is 15.6 Å². The van der Waals surface area contributed by atoms with E-state index in [1.165, 1.54) is 24.3 Å². The van der Waals surface area contributed by atoms with Gasteiger partial charge in [-0.3, -0.25) is 14.4 Å². The summed E-state index contributed by atoms with van der Waals surface area (Å²) in [7, 11) is 0. The summed E-state index contributed by atoms with van der Waals surface area (Å²) in [5, 5.41) is 19.3. The second kappa shape index (κ2) is 13.5. The first-order valence-corrected chi connectivity index (χ1v) is 13.1. The van der Waals surface area contributed by atoms with Gasteiger partial charge in [-0.15, -0.1) is 0 Å². The van der Waals surface area contributed by atoms with Crippen molar-refractivity contribution in [2.75, 3.05) is 5.32 Å². The van der Waals surface area contributed by atoms with Gasteiger partial charge in [0.25, 0.3) is 5.91 Å². The zero-order chi connectivity index (χ0) is 27.8. The highest BCUT2D eigenvalue weighted by Gasteiger charge is 2.28. The van der Waals surface area contributed by atoms with E-state index in [-0.39, 0.29) is 33.7 Å². The number of carbonyl (C=O) groups excluding carboxylic acids is 3. The van der Waals surface area contributed by atoms with Gasteiger partial charge in [0.15, 0.2) is 0 Å². The lowest BCUT2D eigenvalue weighted by Gasteiger charge is -2.24. The third kappa shape index (κ3) is 8.38. The predicted octanol–water partition coefficient (Wildman–Crippen LogP) is 5.86. The van der Waals surface area contributed by atoms with Gasteiger partial charge < -0.3 is 21.1 Å². The van der Waals surface area contributed by atoms with Crippen LogP contribution in [0.15, 0.2) is 66.7 Å². The molecular weight excluding hydrogens is 549 g/mol. The van der Waals surface area contributed by atoms with Crippen molar-refractivity contribution in [1.82, 2.24) is 10.6 Å². The van der Waals surface area contributed by atoms with E-state index in [1.54, 1.807) is 12.1 Å². The molecule has 0 aliphatic carbocycles. The molecule has 0 fully saturated rings. The summed E-state index contributed by atoms with van der Waals surface area (Å²) < 4.78 is 0. The molecule has 0 aliphatic heterocycles. The van der Waals surface area contributed by atoms with Gasteiger partial charge in [-0.1, -0.05) is 79.0 Å². The van der Waals surface area contributed by atoms with E-state index in [4.69, 9.17) is 34.8 Å². The molecule has 0 aliphatic rings. The molecule has 200 valence electrons. The highest BCUT2D eigenvalue weighted by molar-refractivity contribution is 6.42. The van der Waals surface area contributed by atoms with Crippen LogP contribution in [0.3, 0.4) is 0 Å². The minimum Gasteiger partial charge on any atom is -0.507 e. The molecule has 0 heterocycles. The Labute approximate surface area is 236 Å². The number of rotatable bonds is 10. The van der Waals surface area contributed by atoms with Crippen LogP contribution in [0.1, 0.15) is 36.2 Å². The number of phenolic OH excluding ortho intramolecular Hbond substituents is 1. The van der Waals surface area contributed by atoms with Gasteiger partial charge in [-0.25, -0.2) is 0 Å². The summed E-state index contributed by atoms with van der Waals surface area (Å²) in [5.41, 5.74) is 1.15. The number of halogens is 3. The number of nitrogens with one attached hydrogen (secondary N) is 3. The molecule has 0 unspecified atom stereocenters. The van der Waals surface area contributed by atoms with Crippen LogP contribution in [-0.4, -0.2) is 34.9 Å². The van der Waals surface area contributed by atoms with Crippen molar-refractivity contribution >= 4 is 58.2 Å². The zero-order valence-corrected chi connectivity index (χ0v) is 23.1. The fraction of sp³-hybridized carbons (Fsp3) is 0.250. The lowest BCUT2D eigenvalue weighted by molar-refractivity contribution is -0.128. The molecule has 2 atom stereocenters. The Morgan fingerprint density at radius 3 is 2.18 bits per heavy atom. The third-order valence-electron chi connectivity index (χ3n) is 5.63. The Kier molecular flexibility index (Phi) is 10.4. The van der Waals surface area contributed by atoms with Crippen LogP contribution in [0.25, 0.3) is 0 Å². The molecule has 3 amide bonds. The average Bonchev–Trinajstić information content (AvgIpc) is 2.87. The van der Waals surface area contributed by atoms with E-state index in [0.29, 0.717) is 17.1 Å². The van der Waals surface area contributed by atoms with Crippen molar-refractivity contribution in [2.24, 2.45) is 5.92 Å². The summed E-state index contributed by atoms with van der Waals surface area (Å²) in [5.74, 6) is -1.88. The van der Waals surface area contributed by atoms with Crippen LogP contribution >= 0.6 is 34.8 Å². The fourth-order valence-electron chi connectivity index (χ4n) is 3.76. The summed E-state index contributed by atoms with van der Waals surface area (Å²) in [6, 6.07) is 15.9. The Bertz CT molecular complexity index is 1300. The molecule has 0 radical (unpaired) electrons. The maximum atomic E-state index is 13.5. The van der Waals surface area contributed by atoms with Gasteiger partial charge in [0.1, 0.15) is 17.8 Å². The standard InChI is InChI=1S/C28H28Cl3N3O4/c1-16(2)12-23(27(37)32-19-9-10-21(30)22(31)15-19)34-28(38)24(13-17-6-4-3-5-7-17)33-26(36)20-14-18(29)8-11-25(20)35/h3-11,14-16,23-24,35H,12-13H2,1-2H3,(H,32,37)(H,33,36)(H,34,38)/t23-,24-/m0/s1. The Morgan fingerprint density at radius 1 is 0.816 bits per heavy atom. The summed E-state index contributed by atoms with van der Waals surface area (Å²) in [4.78, 5) is 39.6. The minimum atomic E-state index is -1.05. The lowest BCUT2D eigenvalue weighted by atomic mass is 10.0. The van der Waals surface area contributed by atoms with E-state index in [9.17, 15) is 19.5 Å². The van der Waals surface area contributed by atoms with E-state index >= 15 is 0 Å². The molecule has 0 saturated heterocycles. The van der Waals surface area contributed by atoms with E-state index in [2.05, 4.69) is 16.0 Å². The zero-order valence-electron chi connectivity index (χ0n) is 20.8. The van der Waals surface area contributed by atoms with Gasteiger partial charge >= 0.3 is 0 Å². The molecule has 0 bridgehead atoms. The van der Waals surface area contributed by atoms with E-state index in [0.717, 1.165) is 5.56 Å². The van der Waals surface area contributed by atoms with Gasteiger partial charge in [-0.2, -0.15) is 0 Å². The van der Waals surface area contributed by atoms with Crippen LogP contribution in [0.5, 0.6) is 5.75 Å². The van der Waals surface area contributed by atoms with Gasteiger partial charge in [-0.05, 0) is 54.3 Å².